The molecule has 4 nitrogen and oxygen atoms in total. The Morgan fingerprint density at radius 3 is 2.89 bits per heavy atom. The van der Waals surface area contributed by atoms with Crippen molar-refractivity contribution < 1.29 is 13.9 Å². The zero-order valence-electron chi connectivity index (χ0n) is 11.4. The van der Waals surface area contributed by atoms with E-state index in [-0.39, 0.29) is 11.3 Å². The summed E-state index contributed by atoms with van der Waals surface area (Å²) in [6, 6.07) is 4.32. The minimum absolute atomic E-state index is 0.0446. The molecule has 5 heteroatoms. The van der Waals surface area contributed by atoms with Gasteiger partial charge >= 0.3 is 0 Å². The lowest BCUT2D eigenvalue weighted by Gasteiger charge is -2.11. The van der Waals surface area contributed by atoms with E-state index >= 15 is 0 Å². The molecule has 1 atom stereocenters. The first kappa shape index (κ1) is 15.4. The average Bonchev–Trinajstić information content (AvgIpc) is 2.42. The molecule has 0 heterocycles. The van der Waals surface area contributed by atoms with Gasteiger partial charge in [0.25, 0.3) is 5.91 Å². The smallest absolute Gasteiger partial charge is 0.258 e. The predicted octanol–water partition coefficient (Wildman–Crippen LogP) is 1.94. The van der Waals surface area contributed by atoms with Crippen molar-refractivity contribution in [1.82, 2.24) is 5.32 Å². The van der Waals surface area contributed by atoms with Gasteiger partial charge in [0.2, 0.25) is 0 Å². The minimum atomic E-state index is -0.577. The highest BCUT2D eigenvalue weighted by molar-refractivity contribution is 5.97. The van der Waals surface area contributed by atoms with Crippen LogP contribution in [0.4, 0.5) is 4.39 Å². The van der Waals surface area contributed by atoms with Crippen LogP contribution in [-0.2, 0) is 0 Å². The monoisotopic (exact) mass is 268 g/mol. The lowest BCUT2D eigenvalue weighted by atomic mass is 10.1. The van der Waals surface area contributed by atoms with Crippen molar-refractivity contribution in [1.29, 1.82) is 0 Å². The van der Waals surface area contributed by atoms with Gasteiger partial charge in [0.1, 0.15) is 17.1 Å². The Bertz CT molecular complexity index is 424. The molecule has 1 unspecified atom stereocenters. The zero-order valence-corrected chi connectivity index (χ0v) is 11.4. The Morgan fingerprint density at radius 2 is 2.26 bits per heavy atom. The summed E-state index contributed by atoms with van der Waals surface area (Å²) in [5.74, 6) is -0.352. The average molecular weight is 268 g/mol. The van der Waals surface area contributed by atoms with E-state index in [4.69, 9.17) is 10.5 Å². The highest BCUT2D eigenvalue weighted by Gasteiger charge is 2.16. The second kappa shape index (κ2) is 7.74. The third-order valence-corrected chi connectivity index (χ3v) is 2.98. The van der Waals surface area contributed by atoms with Crippen molar-refractivity contribution in [2.45, 2.75) is 19.8 Å². The highest BCUT2D eigenvalue weighted by atomic mass is 19.1. The molecule has 1 amide bonds. The summed E-state index contributed by atoms with van der Waals surface area (Å²) in [4.78, 5) is 11.9. The molecule has 3 N–H and O–H groups in total. The summed E-state index contributed by atoms with van der Waals surface area (Å²) in [5, 5.41) is 2.69. The van der Waals surface area contributed by atoms with Crippen molar-refractivity contribution in [3.8, 4) is 5.75 Å². The fourth-order valence-corrected chi connectivity index (χ4v) is 1.75. The van der Waals surface area contributed by atoms with Gasteiger partial charge < -0.3 is 15.8 Å². The Morgan fingerprint density at radius 1 is 1.53 bits per heavy atom. The van der Waals surface area contributed by atoms with E-state index in [2.05, 4.69) is 12.2 Å². The van der Waals surface area contributed by atoms with Gasteiger partial charge in [0.05, 0.1) is 7.11 Å². The van der Waals surface area contributed by atoms with Gasteiger partial charge in [-0.15, -0.1) is 0 Å². The van der Waals surface area contributed by atoms with Crippen LogP contribution in [0.2, 0.25) is 0 Å². The van der Waals surface area contributed by atoms with Crippen LogP contribution in [0.5, 0.6) is 5.75 Å². The van der Waals surface area contributed by atoms with Crippen molar-refractivity contribution >= 4 is 5.91 Å². The van der Waals surface area contributed by atoms with E-state index in [1.54, 1.807) is 6.07 Å². The molecular formula is C14H21FN2O2. The Hall–Kier alpha value is -1.62. The van der Waals surface area contributed by atoms with E-state index in [9.17, 15) is 9.18 Å². The topological polar surface area (TPSA) is 64.3 Å². The van der Waals surface area contributed by atoms with Gasteiger partial charge in [-0.05, 0) is 37.4 Å². The molecule has 1 aromatic carbocycles. The molecule has 0 saturated carbocycles. The number of rotatable bonds is 7. The van der Waals surface area contributed by atoms with Crippen molar-refractivity contribution in [2.24, 2.45) is 11.7 Å². The highest BCUT2D eigenvalue weighted by Crippen LogP contribution is 2.20. The van der Waals surface area contributed by atoms with E-state index in [1.807, 2.05) is 0 Å². The molecular weight excluding hydrogens is 247 g/mol. The number of benzene rings is 1. The number of nitrogens with two attached hydrogens (primary N) is 1. The molecule has 0 radical (unpaired) electrons. The van der Waals surface area contributed by atoms with Crippen LogP contribution < -0.4 is 15.8 Å². The molecule has 1 aromatic rings. The third kappa shape index (κ3) is 4.52. The normalized spacial score (nSPS) is 12.0. The molecule has 1 rings (SSSR count). The van der Waals surface area contributed by atoms with Crippen LogP contribution in [-0.4, -0.2) is 26.1 Å². The SMILES string of the molecule is COc1cccc(F)c1C(=O)NCCCC(C)CN. The van der Waals surface area contributed by atoms with E-state index < -0.39 is 11.7 Å². The van der Waals surface area contributed by atoms with Crippen LogP contribution in [0.15, 0.2) is 18.2 Å². The Labute approximate surface area is 113 Å². The zero-order chi connectivity index (χ0) is 14.3. The number of carbonyl (C=O) groups excluding carboxylic acids is 1. The number of hydrogen-bond acceptors (Lipinski definition) is 3. The number of halogens is 1. The molecule has 0 aliphatic heterocycles. The summed E-state index contributed by atoms with van der Waals surface area (Å²) in [7, 11) is 1.41. The Kier molecular flexibility index (Phi) is 6.29. The Balaban J connectivity index is 2.54. The van der Waals surface area contributed by atoms with Gasteiger partial charge in [-0.1, -0.05) is 13.0 Å². The lowest BCUT2D eigenvalue weighted by molar-refractivity contribution is 0.0945. The molecule has 0 aliphatic rings. The van der Waals surface area contributed by atoms with E-state index in [0.29, 0.717) is 19.0 Å². The van der Waals surface area contributed by atoms with Crippen molar-refractivity contribution in [3.63, 3.8) is 0 Å². The maximum atomic E-state index is 13.6. The molecule has 0 saturated heterocycles. The van der Waals surface area contributed by atoms with Crippen molar-refractivity contribution in [3.05, 3.63) is 29.6 Å². The van der Waals surface area contributed by atoms with Gasteiger partial charge in [0.15, 0.2) is 0 Å². The fourth-order valence-electron chi connectivity index (χ4n) is 1.75. The van der Waals surface area contributed by atoms with Gasteiger partial charge in [-0.25, -0.2) is 4.39 Å². The van der Waals surface area contributed by atoms with Crippen LogP contribution in [0.25, 0.3) is 0 Å². The molecule has 106 valence electrons. The maximum Gasteiger partial charge on any atom is 0.258 e. The number of nitrogens with one attached hydrogen (secondary N) is 1. The first-order valence-electron chi connectivity index (χ1n) is 6.41. The molecule has 0 spiro atoms. The van der Waals surface area contributed by atoms with Crippen LogP contribution >= 0.6 is 0 Å². The summed E-state index contributed by atoms with van der Waals surface area (Å²) in [6.07, 6.45) is 1.76. The quantitative estimate of drug-likeness (QED) is 0.743. The number of ether oxygens (including phenoxy) is 1. The number of carbonyl (C=O) groups is 1. The van der Waals surface area contributed by atoms with E-state index in [0.717, 1.165) is 12.8 Å². The second-order valence-electron chi connectivity index (χ2n) is 4.56. The first-order chi connectivity index (χ1) is 9.10. The predicted molar refractivity (Wildman–Crippen MR) is 72.7 cm³/mol. The molecule has 19 heavy (non-hydrogen) atoms. The fraction of sp³-hybridized carbons (Fsp3) is 0.500. The molecule has 0 aromatic heterocycles. The molecule has 0 bridgehead atoms. The lowest BCUT2D eigenvalue weighted by Crippen LogP contribution is -2.26. The number of methoxy groups -OCH3 is 1. The van der Waals surface area contributed by atoms with Gasteiger partial charge in [-0.3, -0.25) is 4.79 Å². The second-order valence-corrected chi connectivity index (χ2v) is 4.56. The third-order valence-electron chi connectivity index (χ3n) is 2.98. The van der Waals surface area contributed by atoms with Crippen LogP contribution in [0.3, 0.4) is 0 Å². The molecule has 0 fully saturated rings. The van der Waals surface area contributed by atoms with E-state index in [1.165, 1.54) is 19.2 Å². The minimum Gasteiger partial charge on any atom is -0.496 e. The summed E-state index contributed by atoms with van der Waals surface area (Å²) < 4.78 is 18.6. The first-order valence-corrected chi connectivity index (χ1v) is 6.41. The summed E-state index contributed by atoms with van der Waals surface area (Å²) in [6.45, 7) is 3.19. The number of amides is 1. The van der Waals surface area contributed by atoms with Gasteiger partial charge in [0, 0.05) is 6.54 Å². The van der Waals surface area contributed by atoms with Gasteiger partial charge in [-0.2, -0.15) is 0 Å². The number of hydrogen-bond donors (Lipinski definition) is 2. The summed E-state index contributed by atoms with van der Waals surface area (Å²) in [5.41, 5.74) is 5.46. The molecule has 0 aliphatic carbocycles. The van der Waals surface area contributed by atoms with Crippen LogP contribution in [0, 0.1) is 11.7 Å². The maximum absolute atomic E-state index is 13.6. The van der Waals surface area contributed by atoms with Crippen molar-refractivity contribution in [2.75, 3.05) is 20.2 Å². The van der Waals surface area contributed by atoms with Crippen LogP contribution in [0.1, 0.15) is 30.1 Å². The largest absolute Gasteiger partial charge is 0.496 e. The summed E-state index contributed by atoms with van der Waals surface area (Å²) >= 11 is 0. The standard InChI is InChI=1S/C14H21FN2O2/c1-10(9-16)5-4-8-17-14(18)13-11(15)6-3-7-12(13)19-2/h3,6-7,10H,4-5,8-9,16H2,1-2H3,(H,17,18).